The van der Waals surface area contributed by atoms with E-state index in [1.54, 1.807) is 12.3 Å². The van der Waals surface area contributed by atoms with E-state index in [9.17, 15) is 9.90 Å². The van der Waals surface area contributed by atoms with E-state index in [1.165, 1.54) is 6.07 Å². The zero-order valence-electron chi connectivity index (χ0n) is 21.0. The molecule has 0 aliphatic heterocycles. The third-order valence-electron chi connectivity index (χ3n) is 6.62. The van der Waals surface area contributed by atoms with E-state index in [0.29, 0.717) is 28.1 Å². The molecule has 0 fully saturated rings. The van der Waals surface area contributed by atoms with Gasteiger partial charge in [0.15, 0.2) is 5.76 Å². The molecule has 6 rings (SSSR count). The van der Waals surface area contributed by atoms with E-state index >= 15 is 0 Å². The number of carbonyl (C=O) groups is 1. The number of pyridine rings is 2. The van der Waals surface area contributed by atoms with Gasteiger partial charge in [0.1, 0.15) is 28.8 Å². The molecule has 0 radical (unpaired) electrons. The molecule has 0 saturated carbocycles. The van der Waals surface area contributed by atoms with Gasteiger partial charge in [-0.3, -0.25) is 0 Å². The first-order valence-electron chi connectivity index (χ1n) is 11.6. The molecule has 0 aliphatic carbocycles. The number of benzene rings is 2. The van der Waals surface area contributed by atoms with Gasteiger partial charge in [-0.1, -0.05) is 24.3 Å². The van der Waals surface area contributed by atoms with E-state index in [2.05, 4.69) is 4.98 Å². The number of furan rings is 1. The summed E-state index contributed by atoms with van der Waals surface area (Å²) in [6.07, 6.45) is 5.17. The minimum absolute atomic E-state index is 0. The maximum atomic E-state index is 12.4. The van der Waals surface area contributed by atoms with Crippen LogP contribution in [0.3, 0.4) is 0 Å². The summed E-state index contributed by atoms with van der Waals surface area (Å²) in [5, 5.41) is 13.7. The molecular formula is C29H22N3NaO4. The monoisotopic (exact) mass is 499 g/mol. The summed E-state index contributed by atoms with van der Waals surface area (Å²) >= 11 is 0. The summed E-state index contributed by atoms with van der Waals surface area (Å²) in [6.45, 7) is 5.75. The zero-order chi connectivity index (χ0) is 25.0. The van der Waals surface area contributed by atoms with Crippen LogP contribution in [-0.2, 0) is 0 Å². The number of ether oxygens (including phenoxy) is 1. The van der Waals surface area contributed by atoms with Gasteiger partial charge in [-0.05, 0) is 62.2 Å². The number of rotatable bonds is 5. The summed E-state index contributed by atoms with van der Waals surface area (Å²) in [4.78, 5) is 21.5. The molecule has 4 heterocycles. The quantitative estimate of drug-likeness (QED) is 0.339. The number of imidazole rings is 1. The van der Waals surface area contributed by atoms with Crippen LogP contribution in [-0.4, -0.2) is 20.3 Å². The average Bonchev–Trinajstić information content (AvgIpc) is 3.49. The summed E-state index contributed by atoms with van der Waals surface area (Å²) in [5.74, 6) is -0.349. The topological polar surface area (TPSA) is 92.7 Å². The van der Waals surface area contributed by atoms with Gasteiger partial charge in [0, 0.05) is 35.1 Å². The minimum Gasteiger partial charge on any atom is -0.545 e. The third kappa shape index (κ3) is 4.29. The fraction of sp³-hybridized carbons (Fsp3) is 0.138. The molecule has 0 spiro atoms. The number of carboxylic acids is 1. The molecule has 0 amide bonds. The van der Waals surface area contributed by atoms with Crippen molar-refractivity contribution < 1.29 is 48.6 Å². The Labute approximate surface area is 235 Å². The molecule has 0 unspecified atom stereocenters. The molecule has 0 aliphatic rings. The molecular weight excluding hydrogens is 477 g/mol. The summed E-state index contributed by atoms with van der Waals surface area (Å²) in [7, 11) is 0. The number of aromatic carboxylic acids is 1. The van der Waals surface area contributed by atoms with Gasteiger partial charge >= 0.3 is 29.6 Å². The van der Waals surface area contributed by atoms with Gasteiger partial charge in [-0.2, -0.15) is 0 Å². The predicted octanol–water partition coefficient (Wildman–Crippen LogP) is 2.42. The molecule has 2 aromatic carbocycles. The molecule has 7 nitrogen and oxygen atoms in total. The van der Waals surface area contributed by atoms with Crippen LogP contribution in [0.1, 0.15) is 40.1 Å². The van der Waals surface area contributed by atoms with Gasteiger partial charge in [0.25, 0.3) is 0 Å². The number of nitrogens with zero attached hydrogens (tertiary/aromatic N) is 3. The fourth-order valence-electron chi connectivity index (χ4n) is 4.67. The van der Waals surface area contributed by atoms with Crippen molar-refractivity contribution in [1.29, 1.82) is 0 Å². The van der Waals surface area contributed by atoms with Crippen molar-refractivity contribution in [2.45, 2.75) is 26.9 Å². The van der Waals surface area contributed by atoms with E-state index < -0.39 is 5.97 Å². The second kappa shape index (κ2) is 9.67. The van der Waals surface area contributed by atoms with Crippen molar-refractivity contribution >= 4 is 33.5 Å². The Morgan fingerprint density at radius 3 is 2.68 bits per heavy atom. The number of aromatic nitrogens is 3. The van der Waals surface area contributed by atoms with E-state index in [1.807, 2.05) is 80.0 Å². The van der Waals surface area contributed by atoms with Crippen molar-refractivity contribution in [3.05, 3.63) is 95.4 Å². The van der Waals surface area contributed by atoms with Crippen molar-refractivity contribution in [2.75, 3.05) is 0 Å². The van der Waals surface area contributed by atoms with E-state index in [4.69, 9.17) is 14.1 Å². The van der Waals surface area contributed by atoms with Crippen LogP contribution < -0.4 is 39.4 Å². The maximum absolute atomic E-state index is 12.4. The smallest absolute Gasteiger partial charge is 0.545 e. The van der Waals surface area contributed by atoms with Crippen LogP contribution in [0.2, 0.25) is 0 Å². The third-order valence-corrected chi connectivity index (χ3v) is 6.62. The number of hydrogen-bond acceptors (Lipinski definition) is 6. The summed E-state index contributed by atoms with van der Waals surface area (Å²) in [5.41, 5.74) is 5.13. The van der Waals surface area contributed by atoms with Crippen LogP contribution in [0.5, 0.6) is 5.75 Å². The van der Waals surface area contributed by atoms with Crippen LogP contribution in [0, 0.1) is 13.8 Å². The van der Waals surface area contributed by atoms with E-state index in [-0.39, 0.29) is 41.2 Å². The summed E-state index contributed by atoms with van der Waals surface area (Å²) in [6, 6.07) is 16.8. The van der Waals surface area contributed by atoms with E-state index in [0.717, 1.165) is 33.3 Å². The summed E-state index contributed by atoms with van der Waals surface area (Å²) < 4.78 is 14.3. The SMILES string of the molecule is Cc1c(-c2cc(C(=O)[O-])c3c(O[C@@H](C)c4ccn5ccnc5c4)ccc(C)c3n2)oc2ccccc12.[Na+]. The van der Waals surface area contributed by atoms with Gasteiger partial charge < -0.3 is 23.5 Å². The molecule has 37 heavy (non-hydrogen) atoms. The molecule has 178 valence electrons. The minimum atomic E-state index is -1.31. The number of hydrogen-bond donors (Lipinski definition) is 0. The van der Waals surface area contributed by atoms with Crippen molar-refractivity contribution in [2.24, 2.45) is 0 Å². The van der Waals surface area contributed by atoms with Crippen LogP contribution in [0.15, 0.2) is 77.6 Å². The Kier molecular flexibility index (Phi) is 6.54. The Morgan fingerprint density at radius 1 is 1.08 bits per heavy atom. The molecule has 1 atom stereocenters. The Balaban J connectivity index is 0.00000280. The largest absolute Gasteiger partial charge is 1.00 e. The fourth-order valence-corrected chi connectivity index (χ4v) is 4.67. The van der Waals surface area contributed by atoms with Crippen molar-refractivity contribution in [3.63, 3.8) is 0 Å². The number of para-hydroxylation sites is 1. The first kappa shape index (κ1) is 25.0. The number of carbonyl (C=O) groups excluding carboxylic acids is 1. The van der Waals surface area contributed by atoms with Crippen LogP contribution >= 0.6 is 0 Å². The van der Waals surface area contributed by atoms with Crippen molar-refractivity contribution in [3.8, 4) is 17.2 Å². The average molecular weight is 500 g/mol. The normalized spacial score (nSPS) is 12.1. The molecule has 6 aromatic rings. The Hall–Kier alpha value is -3.65. The van der Waals surface area contributed by atoms with Gasteiger partial charge in [0.2, 0.25) is 0 Å². The van der Waals surface area contributed by atoms with Gasteiger partial charge in [0.05, 0.1) is 16.9 Å². The predicted molar refractivity (Wildman–Crippen MR) is 135 cm³/mol. The first-order valence-corrected chi connectivity index (χ1v) is 11.6. The standard InChI is InChI=1S/C29H23N3O4.Na/c1-16-8-9-24(35-18(3)19-10-12-32-13-11-30-25(32)14-19)26-21(29(33)34)15-22(31-27(16)26)28-17(2)20-6-4-5-7-23(20)36-28;/h4-15,18H,1-3H3,(H,33,34);/q;+1/p-1/t18-;/m0./s1. The number of fused-ring (bicyclic) bond motifs is 3. The van der Waals surface area contributed by atoms with Crippen LogP contribution in [0.4, 0.5) is 0 Å². The van der Waals surface area contributed by atoms with Gasteiger partial charge in [-0.25, -0.2) is 9.97 Å². The number of aryl methyl sites for hydroxylation is 2. The molecule has 0 N–H and O–H groups in total. The molecule has 0 bridgehead atoms. The van der Waals surface area contributed by atoms with Gasteiger partial charge in [-0.15, -0.1) is 0 Å². The zero-order valence-corrected chi connectivity index (χ0v) is 23.0. The van der Waals surface area contributed by atoms with Crippen molar-refractivity contribution in [1.82, 2.24) is 14.4 Å². The first-order chi connectivity index (χ1) is 17.4. The second-order valence-electron chi connectivity index (χ2n) is 8.91. The molecule has 0 saturated heterocycles. The molecule has 8 heteroatoms. The van der Waals surface area contributed by atoms with Crippen LogP contribution in [0.25, 0.3) is 39.0 Å². The number of carboxylic acid groups (broad SMARTS) is 1. The Morgan fingerprint density at radius 2 is 1.89 bits per heavy atom. The maximum Gasteiger partial charge on any atom is 1.00 e. The Bertz CT molecular complexity index is 1800. The second-order valence-corrected chi connectivity index (χ2v) is 8.91. The molecule has 4 aromatic heterocycles.